The lowest BCUT2D eigenvalue weighted by Gasteiger charge is -2.16. The SMILES string of the molecule is COc1ccc(Cl)cc1/C=C1/SC(=O)N(C(C)C)C1=O. The second kappa shape index (κ2) is 5.89. The molecule has 1 aromatic carbocycles. The Bertz CT molecular complexity index is 598. The first-order chi connectivity index (χ1) is 9.43. The van der Waals surface area contributed by atoms with E-state index in [2.05, 4.69) is 0 Å². The summed E-state index contributed by atoms with van der Waals surface area (Å²) in [6, 6.07) is 4.97. The van der Waals surface area contributed by atoms with Crippen molar-refractivity contribution in [2.45, 2.75) is 19.9 Å². The van der Waals surface area contributed by atoms with Gasteiger partial charge in [0.1, 0.15) is 5.75 Å². The topological polar surface area (TPSA) is 46.6 Å². The van der Waals surface area contributed by atoms with Crippen molar-refractivity contribution in [2.24, 2.45) is 0 Å². The summed E-state index contributed by atoms with van der Waals surface area (Å²) in [5.41, 5.74) is 0.675. The lowest BCUT2D eigenvalue weighted by Crippen LogP contribution is -2.34. The zero-order valence-electron chi connectivity index (χ0n) is 11.3. The molecule has 2 amide bonds. The minimum atomic E-state index is -0.281. The Kier molecular flexibility index (Phi) is 4.40. The number of halogens is 1. The van der Waals surface area contributed by atoms with E-state index in [1.807, 2.05) is 0 Å². The van der Waals surface area contributed by atoms with Gasteiger partial charge < -0.3 is 4.74 Å². The molecule has 0 unspecified atom stereocenters. The van der Waals surface area contributed by atoms with Crippen LogP contribution in [-0.4, -0.2) is 29.2 Å². The highest BCUT2D eigenvalue weighted by atomic mass is 35.5. The van der Waals surface area contributed by atoms with Gasteiger partial charge in [-0.2, -0.15) is 0 Å². The number of thioether (sulfide) groups is 1. The summed E-state index contributed by atoms with van der Waals surface area (Å²) in [6.45, 7) is 3.61. The average molecular weight is 312 g/mol. The highest BCUT2D eigenvalue weighted by Gasteiger charge is 2.36. The van der Waals surface area contributed by atoms with Gasteiger partial charge in [-0.15, -0.1) is 0 Å². The van der Waals surface area contributed by atoms with Crippen LogP contribution in [0.3, 0.4) is 0 Å². The first kappa shape index (κ1) is 14.9. The van der Waals surface area contributed by atoms with Crippen LogP contribution >= 0.6 is 23.4 Å². The van der Waals surface area contributed by atoms with E-state index in [4.69, 9.17) is 16.3 Å². The minimum absolute atomic E-state index is 0.158. The normalized spacial score (nSPS) is 17.4. The van der Waals surface area contributed by atoms with Crippen LogP contribution in [0.15, 0.2) is 23.1 Å². The summed E-state index contributed by atoms with van der Waals surface area (Å²) < 4.78 is 5.22. The fraction of sp³-hybridized carbons (Fsp3) is 0.286. The third-order valence-electron chi connectivity index (χ3n) is 2.82. The van der Waals surface area contributed by atoms with Gasteiger partial charge in [-0.3, -0.25) is 14.5 Å². The van der Waals surface area contributed by atoms with Crippen LogP contribution in [0.1, 0.15) is 19.4 Å². The number of benzene rings is 1. The fourth-order valence-electron chi connectivity index (χ4n) is 1.88. The van der Waals surface area contributed by atoms with Gasteiger partial charge in [0.2, 0.25) is 0 Å². The van der Waals surface area contributed by atoms with Gasteiger partial charge in [-0.05, 0) is 49.9 Å². The number of nitrogens with zero attached hydrogens (tertiary/aromatic N) is 1. The van der Waals surface area contributed by atoms with Crippen LogP contribution in [0.25, 0.3) is 6.08 Å². The van der Waals surface area contributed by atoms with Crippen molar-refractivity contribution in [1.82, 2.24) is 4.90 Å². The second-order valence-corrected chi connectivity index (χ2v) is 5.96. The Morgan fingerprint density at radius 1 is 1.35 bits per heavy atom. The molecule has 1 fully saturated rings. The quantitative estimate of drug-likeness (QED) is 0.797. The summed E-state index contributed by atoms with van der Waals surface area (Å²) in [5.74, 6) is 0.322. The first-order valence-electron chi connectivity index (χ1n) is 6.04. The highest BCUT2D eigenvalue weighted by Crippen LogP contribution is 2.35. The van der Waals surface area contributed by atoms with Crippen LogP contribution < -0.4 is 4.74 Å². The van der Waals surface area contributed by atoms with Gasteiger partial charge >= 0.3 is 0 Å². The van der Waals surface area contributed by atoms with E-state index >= 15 is 0 Å². The summed E-state index contributed by atoms with van der Waals surface area (Å²) in [6.07, 6.45) is 1.64. The van der Waals surface area contributed by atoms with Crippen molar-refractivity contribution in [1.29, 1.82) is 0 Å². The molecule has 2 rings (SSSR count). The lowest BCUT2D eigenvalue weighted by molar-refractivity contribution is -0.123. The molecule has 6 heteroatoms. The zero-order chi connectivity index (χ0) is 14.9. The summed E-state index contributed by atoms with van der Waals surface area (Å²) in [4.78, 5) is 25.6. The number of methoxy groups -OCH3 is 1. The molecule has 1 heterocycles. The number of amides is 2. The van der Waals surface area contributed by atoms with Crippen molar-refractivity contribution in [3.63, 3.8) is 0 Å². The standard InChI is InChI=1S/C14H14ClNO3S/c1-8(2)16-13(17)12(20-14(16)18)7-9-6-10(15)4-5-11(9)19-3/h4-8H,1-3H3/b12-7+. The lowest BCUT2D eigenvalue weighted by atomic mass is 10.2. The van der Waals surface area contributed by atoms with Crippen LogP contribution in [-0.2, 0) is 4.79 Å². The predicted octanol–water partition coefficient (Wildman–Crippen LogP) is 3.79. The molecule has 1 aliphatic rings. The molecule has 0 aliphatic carbocycles. The number of carbonyl (C=O) groups is 2. The molecular formula is C14H14ClNO3S. The van der Waals surface area contributed by atoms with Crippen LogP contribution in [0.5, 0.6) is 5.75 Å². The van der Waals surface area contributed by atoms with Crippen molar-refractivity contribution in [3.05, 3.63) is 33.7 Å². The Labute approximate surface area is 126 Å². The van der Waals surface area contributed by atoms with E-state index in [9.17, 15) is 9.59 Å². The summed E-state index contributed by atoms with van der Waals surface area (Å²) in [5, 5.41) is 0.289. The maximum Gasteiger partial charge on any atom is 0.293 e. The second-order valence-electron chi connectivity index (χ2n) is 4.53. The molecule has 0 aromatic heterocycles. The summed E-state index contributed by atoms with van der Waals surface area (Å²) in [7, 11) is 1.54. The van der Waals surface area contributed by atoms with Crippen molar-refractivity contribution in [2.75, 3.05) is 7.11 Å². The molecule has 20 heavy (non-hydrogen) atoms. The first-order valence-corrected chi connectivity index (χ1v) is 7.24. The van der Waals surface area contributed by atoms with Crippen LogP contribution in [0.2, 0.25) is 5.02 Å². The van der Waals surface area contributed by atoms with Gasteiger partial charge in [-0.25, -0.2) is 0 Å². The number of hydrogen-bond donors (Lipinski definition) is 0. The molecule has 0 saturated carbocycles. The maximum absolute atomic E-state index is 12.2. The Hall–Kier alpha value is -1.46. The zero-order valence-corrected chi connectivity index (χ0v) is 12.9. The number of hydrogen-bond acceptors (Lipinski definition) is 4. The predicted molar refractivity (Wildman–Crippen MR) is 81.0 cm³/mol. The number of rotatable bonds is 3. The molecule has 1 saturated heterocycles. The summed E-state index contributed by atoms with van der Waals surface area (Å²) >= 11 is 6.88. The molecule has 1 aromatic rings. The molecular weight excluding hydrogens is 298 g/mol. The molecule has 106 valence electrons. The Morgan fingerprint density at radius 2 is 2.05 bits per heavy atom. The maximum atomic E-state index is 12.2. The van der Waals surface area contributed by atoms with Crippen molar-refractivity contribution < 1.29 is 14.3 Å². The number of imide groups is 1. The van der Waals surface area contributed by atoms with Crippen molar-refractivity contribution in [3.8, 4) is 5.75 Å². The van der Waals surface area contributed by atoms with Crippen LogP contribution in [0.4, 0.5) is 4.79 Å². The van der Waals surface area contributed by atoms with E-state index in [0.717, 1.165) is 11.8 Å². The highest BCUT2D eigenvalue weighted by molar-refractivity contribution is 8.18. The number of carbonyl (C=O) groups excluding carboxylic acids is 2. The van der Waals surface area contributed by atoms with Gasteiger partial charge in [-0.1, -0.05) is 11.6 Å². The molecule has 1 aliphatic heterocycles. The largest absolute Gasteiger partial charge is 0.496 e. The third-order valence-corrected chi connectivity index (χ3v) is 3.94. The van der Waals surface area contributed by atoms with Gasteiger partial charge in [0.25, 0.3) is 11.1 Å². The third kappa shape index (κ3) is 2.83. The molecule has 0 radical (unpaired) electrons. The van der Waals surface area contributed by atoms with E-state index < -0.39 is 0 Å². The van der Waals surface area contributed by atoms with Crippen molar-refractivity contribution >= 4 is 40.6 Å². The Morgan fingerprint density at radius 3 is 2.60 bits per heavy atom. The van der Waals surface area contributed by atoms with E-state index in [1.54, 1.807) is 45.2 Å². The molecule has 0 N–H and O–H groups in total. The van der Waals surface area contributed by atoms with Crippen LogP contribution in [0, 0.1) is 0 Å². The van der Waals surface area contributed by atoms with E-state index in [1.165, 1.54) is 4.90 Å². The van der Waals surface area contributed by atoms with Gasteiger partial charge in [0, 0.05) is 16.6 Å². The van der Waals surface area contributed by atoms with Gasteiger partial charge in [0.15, 0.2) is 0 Å². The molecule has 0 atom stereocenters. The van der Waals surface area contributed by atoms with E-state index in [0.29, 0.717) is 21.2 Å². The molecule has 4 nitrogen and oxygen atoms in total. The number of ether oxygens (including phenoxy) is 1. The van der Waals surface area contributed by atoms with Gasteiger partial charge in [0.05, 0.1) is 12.0 Å². The monoisotopic (exact) mass is 311 g/mol. The minimum Gasteiger partial charge on any atom is -0.496 e. The van der Waals surface area contributed by atoms with E-state index in [-0.39, 0.29) is 17.2 Å². The Balaban J connectivity index is 2.40. The fourth-order valence-corrected chi connectivity index (χ4v) is 3.02. The molecule has 0 spiro atoms. The molecule has 0 bridgehead atoms. The average Bonchev–Trinajstić information content (AvgIpc) is 2.64. The smallest absolute Gasteiger partial charge is 0.293 e.